The second kappa shape index (κ2) is 4.79. The van der Waals surface area contributed by atoms with Crippen LogP contribution in [0, 0.1) is 17.0 Å². The Balaban J connectivity index is 2.25. The number of aromatic nitrogens is 1. The van der Waals surface area contributed by atoms with E-state index in [2.05, 4.69) is 4.98 Å². The van der Waals surface area contributed by atoms with E-state index in [1.54, 1.807) is 0 Å². The first-order valence-corrected chi connectivity index (χ1v) is 4.99. The number of pyridine rings is 1. The summed E-state index contributed by atoms with van der Waals surface area (Å²) >= 11 is 0. The summed E-state index contributed by atoms with van der Waals surface area (Å²) in [6.45, 7) is 0. The molecule has 0 bridgehead atoms. The van der Waals surface area contributed by atoms with Gasteiger partial charge in [-0.05, 0) is 18.2 Å². The molecule has 2 aromatic rings. The molecule has 0 radical (unpaired) electrons. The lowest BCUT2D eigenvalue weighted by molar-refractivity contribution is 0.461. The number of benzene rings is 1. The molecule has 3 N–H and O–H groups in total. The first-order chi connectivity index (χ1) is 8.56. The van der Waals surface area contributed by atoms with Crippen molar-refractivity contribution in [2.45, 2.75) is 0 Å². The van der Waals surface area contributed by atoms with Crippen LogP contribution in [-0.4, -0.2) is 10.8 Å². The highest BCUT2D eigenvalue weighted by molar-refractivity contribution is 5.93. The smallest absolute Gasteiger partial charge is 0.162 e. The van der Waals surface area contributed by atoms with E-state index >= 15 is 0 Å². The summed E-state index contributed by atoms with van der Waals surface area (Å²) in [6.07, 6.45) is 1.41. The Labute approximate surface area is 102 Å². The van der Waals surface area contributed by atoms with Crippen LogP contribution in [0.3, 0.4) is 0 Å². The molecule has 0 atom stereocenters. The van der Waals surface area contributed by atoms with Gasteiger partial charge in [-0.15, -0.1) is 0 Å². The first-order valence-electron chi connectivity index (χ1n) is 4.99. The van der Waals surface area contributed by atoms with Crippen molar-refractivity contribution < 1.29 is 13.5 Å². The average molecular weight is 249 g/mol. The number of amidine groups is 1. The minimum Gasteiger partial charge on any atom is -0.457 e. The van der Waals surface area contributed by atoms with Crippen LogP contribution in [0.25, 0.3) is 0 Å². The predicted octanol–water partition coefficient (Wildman–Crippen LogP) is 2.44. The molecule has 0 amide bonds. The maximum absolute atomic E-state index is 13.0. The number of nitrogen functional groups attached to an aromatic ring is 1. The van der Waals surface area contributed by atoms with Gasteiger partial charge in [0.2, 0.25) is 0 Å². The third-order valence-electron chi connectivity index (χ3n) is 2.13. The molecule has 0 saturated heterocycles. The second-order valence-electron chi connectivity index (χ2n) is 3.47. The highest BCUT2D eigenvalue weighted by atomic mass is 19.2. The van der Waals surface area contributed by atoms with E-state index in [0.717, 1.165) is 12.1 Å². The molecule has 4 nitrogen and oxygen atoms in total. The van der Waals surface area contributed by atoms with Gasteiger partial charge in [-0.2, -0.15) is 0 Å². The quantitative estimate of drug-likeness (QED) is 0.648. The number of nitrogens with zero attached hydrogens (tertiary/aromatic N) is 1. The Kier molecular flexibility index (Phi) is 3.18. The van der Waals surface area contributed by atoms with E-state index in [1.165, 1.54) is 24.4 Å². The van der Waals surface area contributed by atoms with Gasteiger partial charge in [0.25, 0.3) is 0 Å². The van der Waals surface area contributed by atoms with Crippen molar-refractivity contribution in [2.24, 2.45) is 5.73 Å². The third kappa shape index (κ3) is 2.60. The largest absolute Gasteiger partial charge is 0.457 e. The van der Waals surface area contributed by atoms with Gasteiger partial charge in [0.05, 0.1) is 0 Å². The maximum atomic E-state index is 13.0. The molecular weight excluding hydrogens is 240 g/mol. The van der Waals surface area contributed by atoms with Gasteiger partial charge in [-0.25, -0.2) is 8.78 Å². The van der Waals surface area contributed by atoms with Gasteiger partial charge in [-0.1, -0.05) is 0 Å². The van der Waals surface area contributed by atoms with E-state index < -0.39 is 11.6 Å². The molecule has 1 heterocycles. The number of hydrogen-bond acceptors (Lipinski definition) is 3. The molecule has 92 valence electrons. The number of rotatable bonds is 3. The van der Waals surface area contributed by atoms with Crippen molar-refractivity contribution in [3.63, 3.8) is 0 Å². The highest BCUT2D eigenvalue weighted by Crippen LogP contribution is 2.23. The normalized spacial score (nSPS) is 10.1. The van der Waals surface area contributed by atoms with Crippen molar-refractivity contribution >= 4 is 5.84 Å². The highest BCUT2D eigenvalue weighted by Gasteiger charge is 2.06. The standard InChI is InChI=1S/C12H9F2N3O/c13-9-2-1-7(5-10(9)14)18-8-3-4-17-11(6-8)12(15)16/h1-6H,(H3,15,16). The number of hydrogen-bond donors (Lipinski definition) is 2. The second-order valence-corrected chi connectivity index (χ2v) is 3.47. The minimum atomic E-state index is -0.992. The first kappa shape index (κ1) is 12.0. The zero-order valence-corrected chi connectivity index (χ0v) is 9.15. The lowest BCUT2D eigenvalue weighted by Crippen LogP contribution is -2.12. The van der Waals surface area contributed by atoms with Gasteiger partial charge >= 0.3 is 0 Å². The number of nitrogens with one attached hydrogen (secondary N) is 1. The maximum Gasteiger partial charge on any atom is 0.162 e. The summed E-state index contributed by atoms with van der Waals surface area (Å²) in [6, 6.07) is 6.16. The van der Waals surface area contributed by atoms with Crippen molar-refractivity contribution in [3.8, 4) is 11.5 Å². The zero-order chi connectivity index (χ0) is 13.1. The minimum absolute atomic E-state index is 0.148. The summed E-state index contributed by atoms with van der Waals surface area (Å²) in [4.78, 5) is 3.85. The molecule has 0 saturated carbocycles. The molecule has 0 fully saturated rings. The Morgan fingerprint density at radius 1 is 1.11 bits per heavy atom. The molecule has 0 spiro atoms. The lowest BCUT2D eigenvalue weighted by Gasteiger charge is -2.06. The van der Waals surface area contributed by atoms with Gasteiger partial charge in [0.15, 0.2) is 11.6 Å². The van der Waals surface area contributed by atoms with Crippen LogP contribution in [0.4, 0.5) is 8.78 Å². The average Bonchev–Trinajstić information content (AvgIpc) is 2.34. The van der Waals surface area contributed by atoms with Gasteiger partial charge in [0, 0.05) is 18.3 Å². The molecular formula is C12H9F2N3O. The van der Waals surface area contributed by atoms with Crippen LogP contribution in [-0.2, 0) is 0 Å². The lowest BCUT2D eigenvalue weighted by atomic mass is 10.3. The van der Waals surface area contributed by atoms with Crippen LogP contribution in [0.2, 0.25) is 0 Å². The molecule has 6 heteroatoms. The van der Waals surface area contributed by atoms with Crippen molar-refractivity contribution in [2.75, 3.05) is 0 Å². The fourth-order valence-corrected chi connectivity index (χ4v) is 1.30. The molecule has 1 aromatic heterocycles. The van der Waals surface area contributed by atoms with Crippen LogP contribution >= 0.6 is 0 Å². The molecule has 2 rings (SSSR count). The Bertz CT molecular complexity index is 602. The van der Waals surface area contributed by atoms with Crippen LogP contribution < -0.4 is 10.5 Å². The monoisotopic (exact) mass is 249 g/mol. The number of halogens is 2. The number of ether oxygens (including phenoxy) is 1. The van der Waals surface area contributed by atoms with Gasteiger partial charge < -0.3 is 10.5 Å². The SMILES string of the molecule is N=C(N)c1cc(Oc2ccc(F)c(F)c2)ccn1. The van der Waals surface area contributed by atoms with E-state index in [1.807, 2.05) is 0 Å². The summed E-state index contributed by atoms with van der Waals surface area (Å²) in [5, 5.41) is 7.22. The predicted molar refractivity (Wildman–Crippen MR) is 61.7 cm³/mol. The Hall–Kier alpha value is -2.50. The van der Waals surface area contributed by atoms with Crippen molar-refractivity contribution in [1.29, 1.82) is 5.41 Å². The Morgan fingerprint density at radius 3 is 2.50 bits per heavy atom. The van der Waals surface area contributed by atoms with Crippen LogP contribution in [0.5, 0.6) is 11.5 Å². The Morgan fingerprint density at radius 2 is 1.83 bits per heavy atom. The van der Waals surface area contributed by atoms with E-state index in [-0.39, 0.29) is 17.3 Å². The molecule has 0 unspecified atom stereocenters. The van der Waals surface area contributed by atoms with E-state index in [0.29, 0.717) is 5.75 Å². The van der Waals surface area contributed by atoms with Gasteiger partial charge in [-0.3, -0.25) is 10.4 Å². The van der Waals surface area contributed by atoms with Crippen molar-refractivity contribution in [1.82, 2.24) is 4.98 Å². The van der Waals surface area contributed by atoms with Crippen molar-refractivity contribution in [3.05, 3.63) is 53.9 Å². The fourth-order valence-electron chi connectivity index (χ4n) is 1.30. The summed E-state index contributed by atoms with van der Waals surface area (Å²) in [5.41, 5.74) is 5.52. The molecule has 0 aliphatic heterocycles. The number of nitrogens with two attached hydrogens (primary N) is 1. The topological polar surface area (TPSA) is 72.0 Å². The summed E-state index contributed by atoms with van der Waals surface area (Å²) in [7, 11) is 0. The summed E-state index contributed by atoms with van der Waals surface area (Å²) < 4.78 is 31.0. The van der Waals surface area contributed by atoms with E-state index in [9.17, 15) is 8.78 Å². The fraction of sp³-hybridized carbons (Fsp3) is 0. The van der Waals surface area contributed by atoms with E-state index in [4.69, 9.17) is 15.9 Å². The summed E-state index contributed by atoms with van der Waals surface area (Å²) in [5.74, 6) is -1.66. The van der Waals surface area contributed by atoms with Gasteiger partial charge in [0.1, 0.15) is 23.0 Å². The molecule has 0 aliphatic rings. The molecule has 1 aromatic carbocycles. The molecule has 0 aliphatic carbocycles. The molecule has 18 heavy (non-hydrogen) atoms. The zero-order valence-electron chi connectivity index (χ0n) is 9.15. The van der Waals surface area contributed by atoms with Crippen LogP contribution in [0.15, 0.2) is 36.5 Å². The third-order valence-corrected chi connectivity index (χ3v) is 2.13. The van der Waals surface area contributed by atoms with Crippen LogP contribution in [0.1, 0.15) is 5.69 Å².